The number of amides is 1. The lowest BCUT2D eigenvalue weighted by atomic mass is 10.0. The van der Waals surface area contributed by atoms with E-state index in [4.69, 9.17) is 9.84 Å². The molecular weight excluding hydrogens is 326 g/mol. The molecule has 1 aromatic rings. The Morgan fingerprint density at radius 2 is 1.68 bits per heavy atom. The molecule has 25 heavy (non-hydrogen) atoms. The SMILES string of the molecule is CC(C)(C)OC(=O)[C@H](Cc1ccccc1)NC(=O)CCC(=O)C(=O)O. The maximum absolute atomic E-state index is 12.3. The largest absolute Gasteiger partial charge is 0.476 e. The Labute approximate surface area is 146 Å². The third-order valence-corrected chi connectivity index (χ3v) is 3.13. The van der Waals surface area contributed by atoms with Crippen LogP contribution in [0.1, 0.15) is 39.2 Å². The Hall–Kier alpha value is -2.70. The average Bonchev–Trinajstić information content (AvgIpc) is 2.51. The Balaban J connectivity index is 2.76. The van der Waals surface area contributed by atoms with Crippen molar-refractivity contribution in [1.82, 2.24) is 5.32 Å². The highest BCUT2D eigenvalue weighted by Crippen LogP contribution is 2.12. The molecule has 0 saturated carbocycles. The van der Waals surface area contributed by atoms with E-state index in [2.05, 4.69) is 5.32 Å². The van der Waals surface area contributed by atoms with Gasteiger partial charge in [-0.1, -0.05) is 30.3 Å². The number of hydrogen-bond donors (Lipinski definition) is 2. The van der Waals surface area contributed by atoms with Crippen LogP contribution in [0, 0.1) is 0 Å². The van der Waals surface area contributed by atoms with Gasteiger partial charge in [-0.05, 0) is 26.3 Å². The first-order valence-corrected chi connectivity index (χ1v) is 7.91. The Morgan fingerprint density at radius 1 is 1.08 bits per heavy atom. The standard InChI is InChI=1S/C18H23NO6/c1-18(2,3)25-17(24)13(11-12-7-5-4-6-8-12)19-15(21)10-9-14(20)16(22)23/h4-8,13H,9-11H2,1-3H3,(H,19,21)(H,22,23)/t13-/m0/s1. The first-order valence-electron chi connectivity index (χ1n) is 7.91. The second-order valence-electron chi connectivity index (χ2n) is 6.57. The van der Waals surface area contributed by atoms with Gasteiger partial charge in [-0.3, -0.25) is 9.59 Å². The molecule has 0 unspecified atom stereocenters. The van der Waals surface area contributed by atoms with Gasteiger partial charge in [0.05, 0.1) is 0 Å². The molecule has 1 amide bonds. The highest BCUT2D eigenvalue weighted by atomic mass is 16.6. The van der Waals surface area contributed by atoms with Crippen molar-refractivity contribution in [3.63, 3.8) is 0 Å². The van der Waals surface area contributed by atoms with E-state index in [0.29, 0.717) is 0 Å². The van der Waals surface area contributed by atoms with Crippen molar-refractivity contribution in [2.24, 2.45) is 0 Å². The molecule has 0 fully saturated rings. The predicted molar refractivity (Wildman–Crippen MR) is 89.8 cm³/mol. The van der Waals surface area contributed by atoms with Crippen molar-refractivity contribution in [2.75, 3.05) is 0 Å². The number of esters is 1. The summed E-state index contributed by atoms with van der Waals surface area (Å²) in [5, 5.41) is 11.1. The first-order chi connectivity index (χ1) is 11.6. The quantitative estimate of drug-likeness (QED) is 0.543. The van der Waals surface area contributed by atoms with E-state index in [1.54, 1.807) is 20.8 Å². The summed E-state index contributed by atoms with van der Waals surface area (Å²) in [6, 6.07) is 8.18. The number of carbonyl (C=O) groups is 4. The molecule has 0 aliphatic carbocycles. The Bertz CT molecular complexity index is 633. The molecule has 136 valence electrons. The fourth-order valence-corrected chi connectivity index (χ4v) is 2.02. The van der Waals surface area contributed by atoms with Crippen LogP contribution in [0.3, 0.4) is 0 Å². The average molecular weight is 349 g/mol. The fourth-order valence-electron chi connectivity index (χ4n) is 2.02. The molecule has 0 heterocycles. The van der Waals surface area contributed by atoms with Crippen LogP contribution in [0.5, 0.6) is 0 Å². The van der Waals surface area contributed by atoms with Gasteiger partial charge in [0, 0.05) is 19.3 Å². The maximum atomic E-state index is 12.3. The molecule has 1 aromatic carbocycles. The third-order valence-electron chi connectivity index (χ3n) is 3.13. The molecule has 0 aromatic heterocycles. The number of Topliss-reactive ketones (excluding diaryl/α,β-unsaturated/α-hetero) is 1. The minimum atomic E-state index is -1.58. The molecule has 0 spiro atoms. The Kier molecular flexibility index (Phi) is 7.29. The van der Waals surface area contributed by atoms with Crippen molar-refractivity contribution in [2.45, 2.75) is 51.7 Å². The van der Waals surface area contributed by atoms with E-state index in [1.165, 1.54) is 0 Å². The summed E-state index contributed by atoms with van der Waals surface area (Å²) in [6.45, 7) is 5.16. The smallest absolute Gasteiger partial charge is 0.372 e. The van der Waals surface area contributed by atoms with Gasteiger partial charge in [-0.25, -0.2) is 9.59 Å². The zero-order valence-electron chi connectivity index (χ0n) is 14.6. The van der Waals surface area contributed by atoms with Gasteiger partial charge in [-0.15, -0.1) is 0 Å². The van der Waals surface area contributed by atoms with E-state index in [-0.39, 0.29) is 12.8 Å². The number of nitrogens with one attached hydrogen (secondary N) is 1. The molecule has 1 atom stereocenters. The number of hydrogen-bond acceptors (Lipinski definition) is 5. The summed E-state index contributed by atoms with van der Waals surface area (Å²) in [7, 11) is 0. The van der Waals surface area contributed by atoms with E-state index < -0.39 is 41.7 Å². The topological polar surface area (TPSA) is 110 Å². The van der Waals surface area contributed by atoms with Crippen molar-refractivity contribution < 1.29 is 29.0 Å². The molecule has 1 rings (SSSR count). The van der Waals surface area contributed by atoms with Crippen LogP contribution in [0.25, 0.3) is 0 Å². The molecule has 0 aliphatic rings. The second-order valence-corrected chi connectivity index (χ2v) is 6.57. The Morgan fingerprint density at radius 3 is 2.20 bits per heavy atom. The number of carboxylic acid groups (broad SMARTS) is 1. The zero-order chi connectivity index (χ0) is 19.0. The van der Waals surface area contributed by atoms with Crippen LogP contribution in [-0.2, 0) is 30.3 Å². The number of benzene rings is 1. The third kappa shape index (κ3) is 8.10. The maximum Gasteiger partial charge on any atom is 0.372 e. The van der Waals surface area contributed by atoms with Crippen LogP contribution in [0.15, 0.2) is 30.3 Å². The van der Waals surface area contributed by atoms with Crippen LogP contribution in [0.2, 0.25) is 0 Å². The van der Waals surface area contributed by atoms with Gasteiger partial charge < -0.3 is 15.2 Å². The van der Waals surface area contributed by atoms with Gasteiger partial charge in [0.1, 0.15) is 11.6 Å². The molecule has 7 heteroatoms. The molecule has 0 aliphatic heterocycles. The number of carbonyl (C=O) groups excluding carboxylic acids is 3. The van der Waals surface area contributed by atoms with Crippen LogP contribution < -0.4 is 5.32 Å². The summed E-state index contributed by atoms with van der Waals surface area (Å²) >= 11 is 0. The van der Waals surface area contributed by atoms with Crippen molar-refractivity contribution in [3.05, 3.63) is 35.9 Å². The van der Waals surface area contributed by atoms with E-state index in [9.17, 15) is 19.2 Å². The summed E-state index contributed by atoms with van der Waals surface area (Å²) < 4.78 is 5.32. The highest BCUT2D eigenvalue weighted by molar-refractivity contribution is 6.32. The molecule has 0 radical (unpaired) electrons. The number of ether oxygens (including phenoxy) is 1. The zero-order valence-corrected chi connectivity index (χ0v) is 14.6. The normalized spacial score (nSPS) is 12.1. The van der Waals surface area contributed by atoms with Crippen LogP contribution in [0.4, 0.5) is 0 Å². The van der Waals surface area contributed by atoms with Gasteiger partial charge in [0.15, 0.2) is 0 Å². The van der Waals surface area contributed by atoms with Gasteiger partial charge in [0.25, 0.3) is 0 Å². The monoisotopic (exact) mass is 349 g/mol. The lowest BCUT2D eigenvalue weighted by molar-refractivity contribution is -0.158. The van der Waals surface area contributed by atoms with Gasteiger partial charge in [-0.2, -0.15) is 0 Å². The lowest BCUT2D eigenvalue weighted by Gasteiger charge is -2.24. The second kappa shape index (κ2) is 8.96. The fraction of sp³-hybridized carbons (Fsp3) is 0.444. The van der Waals surface area contributed by atoms with E-state index in [0.717, 1.165) is 5.56 Å². The van der Waals surface area contributed by atoms with E-state index >= 15 is 0 Å². The van der Waals surface area contributed by atoms with Crippen LogP contribution in [-0.4, -0.2) is 40.4 Å². The number of rotatable bonds is 8. The minimum absolute atomic E-state index is 0.231. The van der Waals surface area contributed by atoms with Gasteiger partial charge in [0.2, 0.25) is 11.7 Å². The lowest BCUT2D eigenvalue weighted by Crippen LogP contribution is -2.45. The molecule has 0 saturated heterocycles. The predicted octanol–water partition coefficient (Wildman–Crippen LogP) is 1.49. The van der Waals surface area contributed by atoms with Crippen LogP contribution >= 0.6 is 0 Å². The first kappa shape index (κ1) is 20.3. The number of carboxylic acids is 1. The summed E-state index contributed by atoms with van der Waals surface area (Å²) in [5.74, 6) is -3.80. The summed E-state index contributed by atoms with van der Waals surface area (Å²) in [5.41, 5.74) is 0.121. The van der Waals surface area contributed by atoms with Crippen molar-refractivity contribution in [1.29, 1.82) is 0 Å². The molecule has 7 nitrogen and oxygen atoms in total. The van der Waals surface area contributed by atoms with Crippen molar-refractivity contribution in [3.8, 4) is 0 Å². The molecule has 0 bridgehead atoms. The number of ketones is 1. The van der Waals surface area contributed by atoms with Gasteiger partial charge >= 0.3 is 11.9 Å². The highest BCUT2D eigenvalue weighted by Gasteiger charge is 2.27. The summed E-state index contributed by atoms with van der Waals surface area (Å²) in [6.07, 6.45) is -0.499. The molecular formula is C18H23NO6. The number of aliphatic carboxylic acids is 1. The molecule has 2 N–H and O–H groups in total. The summed E-state index contributed by atoms with van der Waals surface area (Å²) in [4.78, 5) is 45.9. The minimum Gasteiger partial charge on any atom is -0.476 e. The van der Waals surface area contributed by atoms with E-state index in [1.807, 2.05) is 30.3 Å². The van der Waals surface area contributed by atoms with Crippen molar-refractivity contribution >= 4 is 23.6 Å².